The smallest absolute Gasteiger partial charge is 0.162 e. The van der Waals surface area contributed by atoms with Crippen LogP contribution < -0.4 is 18.9 Å². The van der Waals surface area contributed by atoms with E-state index in [1.54, 1.807) is 11.3 Å². The lowest BCUT2D eigenvalue weighted by Crippen LogP contribution is -2.03. The van der Waals surface area contributed by atoms with E-state index in [0.29, 0.717) is 26.4 Å². The Hall–Kier alpha value is -6.34. The van der Waals surface area contributed by atoms with Gasteiger partial charge < -0.3 is 18.9 Å². The third kappa shape index (κ3) is 16.1. The minimum atomic E-state index is 0.654. The van der Waals surface area contributed by atoms with Crippen molar-refractivity contribution in [3.05, 3.63) is 116 Å². The summed E-state index contributed by atoms with van der Waals surface area (Å²) >= 11 is 3.87. The van der Waals surface area contributed by atoms with Crippen molar-refractivity contribution in [3.8, 4) is 70.4 Å². The lowest BCUT2D eigenvalue weighted by atomic mass is 10.1. The highest BCUT2D eigenvalue weighted by Crippen LogP contribution is 2.31. The van der Waals surface area contributed by atoms with Crippen LogP contribution in [0.5, 0.6) is 23.0 Å². The summed E-state index contributed by atoms with van der Waals surface area (Å²) in [5.74, 6) is 29.7. The predicted octanol–water partition coefficient (Wildman–Crippen LogP) is 15.2. The Kier molecular flexibility index (Phi) is 21.5. The molecule has 366 valence electrons. The molecule has 0 spiro atoms. The Morgan fingerprint density at radius 3 is 1.00 bits per heavy atom. The van der Waals surface area contributed by atoms with Crippen molar-refractivity contribution in [1.29, 1.82) is 0 Å². The second-order valence-corrected chi connectivity index (χ2v) is 19.5. The number of aromatic nitrogens is 4. The molecule has 3 aromatic heterocycles. The number of unbranched alkanes of at least 4 members (excludes halogenated alkanes) is 12. The van der Waals surface area contributed by atoms with Gasteiger partial charge in [-0.15, -0.1) is 11.3 Å². The van der Waals surface area contributed by atoms with E-state index in [1.807, 2.05) is 72.8 Å². The molecule has 0 unspecified atom stereocenters. The molecule has 0 amide bonds. The molecule has 0 radical (unpaired) electrons. The summed E-state index contributed by atoms with van der Waals surface area (Å²) < 4.78 is 43.3. The van der Waals surface area contributed by atoms with E-state index < -0.39 is 0 Å². The van der Waals surface area contributed by atoms with Crippen LogP contribution in [0.15, 0.2) is 72.8 Å². The topological polar surface area (TPSA) is 88.5 Å². The molecule has 0 saturated heterocycles. The van der Waals surface area contributed by atoms with Crippen LogP contribution >= 0.6 is 34.8 Å². The zero-order valence-electron chi connectivity index (χ0n) is 41.7. The van der Waals surface area contributed by atoms with Crippen LogP contribution in [0.4, 0.5) is 0 Å². The van der Waals surface area contributed by atoms with Crippen LogP contribution in [-0.4, -0.2) is 43.9 Å². The minimum Gasteiger partial charge on any atom is -0.490 e. The number of hydrogen-bond acceptors (Lipinski definition) is 11. The number of hydrogen-bond donors (Lipinski definition) is 0. The second-order valence-electron chi connectivity index (χ2n) is 17.4. The molecule has 7 aromatic rings. The van der Waals surface area contributed by atoms with Gasteiger partial charge in [0.05, 0.1) is 81.9 Å². The summed E-state index contributed by atoms with van der Waals surface area (Å²) in [5.41, 5.74) is 7.86. The molecule has 0 aliphatic rings. The summed E-state index contributed by atoms with van der Waals surface area (Å²) in [6, 6.07) is 23.8. The Morgan fingerprint density at radius 2 is 0.662 bits per heavy atom. The molecule has 71 heavy (non-hydrogen) atoms. The maximum Gasteiger partial charge on any atom is 0.162 e. The zero-order valence-corrected chi connectivity index (χ0v) is 44.2. The number of ether oxygens (including phenoxy) is 4. The van der Waals surface area contributed by atoms with Gasteiger partial charge in [-0.3, -0.25) is 0 Å². The van der Waals surface area contributed by atoms with Crippen molar-refractivity contribution in [2.75, 3.05) is 26.4 Å². The molecule has 8 nitrogen and oxygen atoms in total. The average molecular weight is 1000 g/mol. The van der Waals surface area contributed by atoms with Crippen molar-refractivity contribution in [2.45, 2.75) is 130 Å². The number of benzene rings is 4. The van der Waals surface area contributed by atoms with Crippen molar-refractivity contribution < 1.29 is 18.9 Å². The monoisotopic (exact) mass is 1000 g/mol. The van der Waals surface area contributed by atoms with Crippen LogP contribution in [0.1, 0.15) is 174 Å². The first-order valence-corrected chi connectivity index (χ1v) is 27.8. The van der Waals surface area contributed by atoms with E-state index in [9.17, 15) is 0 Å². The van der Waals surface area contributed by atoms with Crippen LogP contribution in [0.3, 0.4) is 0 Å². The maximum absolute atomic E-state index is 6.24. The van der Waals surface area contributed by atoms with Gasteiger partial charge in [0.15, 0.2) is 23.0 Å². The van der Waals surface area contributed by atoms with E-state index in [0.717, 1.165) is 163 Å². The number of fused-ring (bicyclic) bond motifs is 2. The van der Waals surface area contributed by atoms with Crippen LogP contribution in [0.25, 0.3) is 22.1 Å². The first kappa shape index (κ1) is 52.5. The SMILES string of the molecule is CCCCCCOc1ccc(C#Cc2ccc(C#Cc3ccc(C#Cc4ccc(C#Cc5ccc(OCCCCCC)c(OCCCCCC)c5)c5nsnc45)s3)c3nsnc23)cc1OCCCCCC. The first-order chi connectivity index (χ1) is 35.1. The standard InChI is InChI=1S/C60H64N4O4S3/c1-5-9-13-17-39-65-53-37-23-45(43-55(53)67-41-19-15-11-7-3)21-25-47-27-29-49(59-57(47)61-70-63-59)31-33-51-35-36-52(69-51)34-32-50-30-28-48(58-60(50)64-71-62-58)26-22-46-24-38-54(66-40-18-14-10-6-2)56(44-46)68-42-20-16-12-8-4/h23-24,27-30,35-38,43-44H,5-20,39-42H2,1-4H3. The van der Waals surface area contributed by atoms with E-state index in [2.05, 4.69) is 92.6 Å². The Labute approximate surface area is 434 Å². The molecule has 0 fully saturated rings. The van der Waals surface area contributed by atoms with Gasteiger partial charge in [-0.25, -0.2) is 0 Å². The van der Waals surface area contributed by atoms with E-state index in [-0.39, 0.29) is 0 Å². The lowest BCUT2D eigenvalue weighted by Gasteiger charge is -2.13. The van der Waals surface area contributed by atoms with Crippen LogP contribution in [0, 0.1) is 47.4 Å². The lowest BCUT2D eigenvalue weighted by molar-refractivity contribution is 0.259. The predicted molar refractivity (Wildman–Crippen MR) is 295 cm³/mol. The van der Waals surface area contributed by atoms with Gasteiger partial charge in [0, 0.05) is 11.1 Å². The Bertz CT molecular complexity index is 2860. The van der Waals surface area contributed by atoms with Gasteiger partial charge in [0.25, 0.3) is 0 Å². The third-order valence-corrected chi connectivity index (χ3v) is 13.6. The molecule has 3 heterocycles. The minimum absolute atomic E-state index is 0.654. The Morgan fingerprint density at radius 1 is 0.338 bits per heavy atom. The van der Waals surface area contributed by atoms with E-state index in [4.69, 9.17) is 18.9 Å². The van der Waals surface area contributed by atoms with Gasteiger partial charge in [-0.05, 0) is 98.5 Å². The highest BCUT2D eigenvalue weighted by atomic mass is 32.1. The van der Waals surface area contributed by atoms with Crippen molar-refractivity contribution in [3.63, 3.8) is 0 Å². The highest BCUT2D eigenvalue weighted by molar-refractivity contribution is 7.13. The summed E-state index contributed by atoms with van der Waals surface area (Å²) in [4.78, 5) is 1.79. The van der Waals surface area contributed by atoms with Crippen LogP contribution in [-0.2, 0) is 0 Å². The fourth-order valence-corrected chi connectivity index (χ4v) is 9.49. The molecule has 0 aliphatic heterocycles. The molecular formula is C60H64N4O4S3. The fourth-order valence-electron chi connectivity index (χ4n) is 7.63. The Balaban J connectivity index is 1.01. The molecule has 0 saturated carbocycles. The normalized spacial score (nSPS) is 10.6. The second kappa shape index (κ2) is 29.1. The molecule has 4 aromatic carbocycles. The van der Waals surface area contributed by atoms with Gasteiger partial charge in [-0.1, -0.05) is 152 Å². The molecule has 7 rings (SSSR count). The number of thiophene rings is 1. The van der Waals surface area contributed by atoms with Crippen molar-refractivity contribution in [1.82, 2.24) is 17.5 Å². The molecule has 0 atom stereocenters. The molecule has 0 bridgehead atoms. The van der Waals surface area contributed by atoms with Crippen molar-refractivity contribution >= 4 is 56.9 Å². The summed E-state index contributed by atoms with van der Waals surface area (Å²) in [6.45, 7) is 11.5. The average Bonchev–Trinajstić information content (AvgIpc) is 4.20. The van der Waals surface area contributed by atoms with Gasteiger partial charge in [-0.2, -0.15) is 17.5 Å². The maximum atomic E-state index is 6.24. The summed E-state index contributed by atoms with van der Waals surface area (Å²) in [5, 5.41) is 0. The highest BCUT2D eigenvalue weighted by Gasteiger charge is 2.12. The van der Waals surface area contributed by atoms with E-state index >= 15 is 0 Å². The number of rotatable bonds is 24. The molecular weight excluding hydrogens is 937 g/mol. The van der Waals surface area contributed by atoms with Gasteiger partial charge in [0.2, 0.25) is 0 Å². The van der Waals surface area contributed by atoms with Crippen molar-refractivity contribution in [2.24, 2.45) is 0 Å². The first-order valence-electron chi connectivity index (χ1n) is 25.5. The summed E-state index contributed by atoms with van der Waals surface area (Å²) in [7, 11) is 0. The molecule has 0 aliphatic carbocycles. The van der Waals surface area contributed by atoms with Gasteiger partial charge in [0.1, 0.15) is 22.1 Å². The summed E-state index contributed by atoms with van der Waals surface area (Å²) in [6.07, 6.45) is 18.3. The fraction of sp³-hybridized carbons (Fsp3) is 0.400. The third-order valence-electron chi connectivity index (χ3n) is 11.7. The van der Waals surface area contributed by atoms with E-state index in [1.165, 1.54) is 51.4 Å². The quantitative estimate of drug-likeness (QED) is 0.0437. The number of nitrogens with zero attached hydrogens (tertiary/aromatic N) is 4. The molecule has 0 N–H and O–H groups in total. The zero-order chi connectivity index (χ0) is 49.3. The largest absolute Gasteiger partial charge is 0.490 e. The molecule has 11 heteroatoms. The van der Waals surface area contributed by atoms with Gasteiger partial charge >= 0.3 is 0 Å². The van der Waals surface area contributed by atoms with Crippen LogP contribution in [0.2, 0.25) is 0 Å².